The molecule has 0 bridgehead atoms. The van der Waals surface area contributed by atoms with Crippen molar-refractivity contribution in [1.82, 2.24) is 0 Å². The lowest BCUT2D eigenvalue weighted by Gasteiger charge is -2.30. The average Bonchev–Trinajstić information content (AvgIpc) is 2.47. The van der Waals surface area contributed by atoms with Gasteiger partial charge >= 0.3 is 0 Å². The molecule has 2 N–H and O–H groups in total. The molecule has 0 saturated carbocycles. The van der Waals surface area contributed by atoms with Crippen LogP contribution in [0.4, 0.5) is 0 Å². The highest BCUT2D eigenvalue weighted by Gasteiger charge is 2.44. The minimum absolute atomic E-state index is 0.0507. The van der Waals surface area contributed by atoms with E-state index in [0.717, 1.165) is 11.1 Å². The molecule has 0 aromatic heterocycles. The van der Waals surface area contributed by atoms with Gasteiger partial charge in [0.2, 0.25) is 0 Å². The molecule has 0 saturated heterocycles. The fourth-order valence-electron chi connectivity index (χ4n) is 2.63. The summed E-state index contributed by atoms with van der Waals surface area (Å²) >= 11 is 0. The van der Waals surface area contributed by atoms with E-state index in [9.17, 15) is 19.8 Å². The van der Waals surface area contributed by atoms with E-state index in [0.29, 0.717) is 12.0 Å². The molecule has 0 unspecified atom stereocenters. The summed E-state index contributed by atoms with van der Waals surface area (Å²) < 4.78 is 0. The van der Waals surface area contributed by atoms with Gasteiger partial charge in [-0.3, -0.25) is 9.59 Å². The number of aliphatic hydroxyl groups is 2. The van der Waals surface area contributed by atoms with Crippen LogP contribution in [0, 0.1) is 5.92 Å². The Morgan fingerprint density at radius 3 is 2.20 bits per heavy atom. The Morgan fingerprint density at radius 1 is 1.16 bits per heavy atom. The van der Waals surface area contributed by atoms with Crippen LogP contribution in [0.2, 0.25) is 0 Å². The Hall–Kier alpha value is -1.94. The van der Waals surface area contributed by atoms with Gasteiger partial charge in [0.1, 0.15) is 5.76 Å². The van der Waals surface area contributed by atoms with Crippen molar-refractivity contribution in [2.45, 2.75) is 66.4 Å². The van der Waals surface area contributed by atoms with E-state index in [1.165, 1.54) is 6.08 Å². The molecule has 0 radical (unpaired) electrons. The number of hydrogen-bond acceptors (Lipinski definition) is 4. The van der Waals surface area contributed by atoms with E-state index in [2.05, 4.69) is 0 Å². The van der Waals surface area contributed by atoms with Crippen LogP contribution in [0.3, 0.4) is 0 Å². The summed E-state index contributed by atoms with van der Waals surface area (Å²) in [5.41, 5.74) is 0.470. The molecule has 1 atom stereocenters. The van der Waals surface area contributed by atoms with E-state index in [1.54, 1.807) is 6.08 Å². The maximum absolute atomic E-state index is 12.7. The van der Waals surface area contributed by atoms with Crippen molar-refractivity contribution in [2.75, 3.05) is 0 Å². The van der Waals surface area contributed by atoms with Gasteiger partial charge in [0.05, 0.1) is 5.57 Å². The van der Waals surface area contributed by atoms with Gasteiger partial charge in [0.15, 0.2) is 17.2 Å². The summed E-state index contributed by atoms with van der Waals surface area (Å²) in [5, 5.41) is 21.5. The number of ketones is 2. The summed E-state index contributed by atoms with van der Waals surface area (Å²) in [4.78, 5) is 25.2. The Balaban J connectivity index is 3.43. The van der Waals surface area contributed by atoms with E-state index in [-0.39, 0.29) is 30.1 Å². The molecule has 0 aromatic rings. The molecule has 0 aromatic carbocycles. The van der Waals surface area contributed by atoms with Crippen LogP contribution in [-0.4, -0.2) is 27.4 Å². The van der Waals surface area contributed by atoms with Crippen molar-refractivity contribution in [3.05, 3.63) is 46.3 Å². The van der Waals surface area contributed by atoms with E-state index < -0.39 is 17.1 Å². The Morgan fingerprint density at radius 2 is 1.72 bits per heavy atom. The molecule has 0 heterocycles. The fraction of sp³-hybridized carbons (Fsp3) is 0.524. The SMILES string of the molecule is CC(C)=CCC1=CC(=O)[C@@](O)(CC=C(C)C)C(O)=C1C(=O)CC(C)C. The molecule has 138 valence electrons. The summed E-state index contributed by atoms with van der Waals surface area (Å²) in [6.07, 6.45) is 5.47. The van der Waals surface area contributed by atoms with Crippen LogP contribution < -0.4 is 0 Å². The Labute approximate surface area is 150 Å². The second-order valence-electron chi connectivity index (χ2n) is 7.61. The van der Waals surface area contributed by atoms with E-state index in [1.807, 2.05) is 47.6 Å². The fourth-order valence-corrected chi connectivity index (χ4v) is 2.63. The predicted octanol–water partition coefficient (Wildman–Crippen LogP) is 4.37. The van der Waals surface area contributed by atoms with Gasteiger partial charge in [-0.1, -0.05) is 37.1 Å². The van der Waals surface area contributed by atoms with Gasteiger partial charge in [-0.15, -0.1) is 0 Å². The highest BCUT2D eigenvalue weighted by Crippen LogP contribution is 2.35. The molecule has 0 spiro atoms. The van der Waals surface area contributed by atoms with Crippen LogP contribution in [0.25, 0.3) is 0 Å². The maximum atomic E-state index is 12.7. The van der Waals surface area contributed by atoms with Crippen molar-refractivity contribution in [2.24, 2.45) is 5.92 Å². The van der Waals surface area contributed by atoms with Crippen molar-refractivity contribution >= 4 is 11.6 Å². The van der Waals surface area contributed by atoms with Crippen LogP contribution in [0.15, 0.2) is 46.3 Å². The summed E-state index contributed by atoms with van der Waals surface area (Å²) in [6.45, 7) is 11.4. The third kappa shape index (κ3) is 5.27. The molecule has 25 heavy (non-hydrogen) atoms. The van der Waals surface area contributed by atoms with Crippen LogP contribution >= 0.6 is 0 Å². The molecule has 0 fully saturated rings. The lowest BCUT2D eigenvalue weighted by Crippen LogP contribution is -2.43. The van der Waals surface area contributed by atoms with Crippen LogP contribution in [-0.2, 0) is 9.59 Å². The zero-order valence-corrected chi connectivity index (χ0v) is 16.1. The van der Waals surface area contributed by atoms with Crippen LogP contribution in [0.1, 0.15) is 60.8 Å². The number of rotatable bonds is 7. The van der Waals surface area contributed by atoms with Gasteiger partial charge in [-0.2, -0.15) is 0 Å². The normalized spacial score (nSPS) is 20.5. The monoisotopic (exact) mass is 346 g/mol. The number of carbonyl (C=O) groups excluding carboxylic acids is 2. The summed E-state index contributed by atoms with van der Waals surface area (Å²) in [7, 11) is 0. The van der Waals surface area contributed by atoms with Gasteiger partial charge in [-0.25, -0.2) is 0 Å². The summed E-state index contributed by atoms with van der Waals surface area (Å²) in [6, 6.07) is 0. The molecule has 4 heteroatoms. The third-order valence-corrected chi connectivity index (χ3v) is 4.07. The standard InChI is InChI=1S/C21H30O4/c1-13(2)7-8-16-12-18(23)21(25,10-9-14(3)4)20(24)19(16)17(22)11-15(5)6/h7,9,12,15,24-25H,8,10-11H2,1-6H3/t21-/m0/s1. The van der Waals surface area contributed by atoms with Crippen molar-refractivity contribution < 1.29 is 19.8 Å². The molecule has 1 aliphatic carbocycles. The molecule has 1 aliphatic rings. The molecule has 1 rings (SSSR count). The second kappa shape index (κ2) is 8.43. The predicted molar refractivity (Wildman–Crippen MR) is 100 cm³/mol. The second-order valence-corrected chi connectivity index (χ2v) is 7.61. The first-order valence-corrected chi connectivity index (χ1v) is 8.70. The number of aliphatic hydroxyl groups excluding tert-OH is 1. The smallest absolute Gasteiger partial charge is 0.195 e. The Kier molecular flexibility index (Phi) is 7.12. The molecule has 0 amide bonds. The van der Waals surface area contributed by atoms with Crippen molar-refractivity contribution in [3.8, 4) is 0 Å². The lowest BCUT2D eigenvalue weighted by molar-refractivity contribution is -0.131. The number of carbonyl (C=O) groups is 2. The minimum Gasteiger partial charge on any atom is -0.508 e. The summed E-state index contributed by atoms with van der Waals surface area (Å²) in [5.74, 6) is -1.23. The van der Waals surface area contributed by atoms with Crippen LogP contribution in [0.5, 0.6) is 0 Å². The Bertz CT molecular complexity index is 666. The first-order valence-electron chi connectivity index (χ1n) is 8.70. The van der Waals surface area contributed by atoms with Gasteiger partial charge in [0, 0.05) is 12.8 Å². The number of Topliss-reactive ketones (excluding diaryl/α,β-unsaturated/α-hetero) is 1. The van der Waals surface area contributed by atoms with Gasteiger partial charge in [-0.05, 0) is 51.7 Å². The van der Waals surface area contributed by atoms with Crippen molar-refractivity contribution in [3.63, 3.8) is 0 Å². The van der Waals surface area contributed by atoms with Gasteiger partial charge < -0.3 is 10.2 Å². The zero-order chi connectivity index (χ0) is 19.4. The first kappa shape index (κ1) is 21.1. The molecular weight excluding hydrogens is 316 g/mol. The van der Waals surface area contributed by atoms with E-state index in [4.69, 9.17) is 0 Å². The highest BCUT2D eigenvalue weighted by molar-refractivity contribution is 6.09. The minimum atomic E-state index is -2.06. The lowest BCUT2D eigenvalue weighted by atomic mass is 9.78. The maximum Gasteiger partial charge on any atom is 0.195 e. The quantitative estimate of drug-likeness (QED) is 0.671. The molecule has 4 nitrogen and oxygen atoms in total. The topological polar surface area (TPSA) is 74.6 Å². The number of allylic oxidation sites excluding steroid dienone is 5. The highest BCUT2D eigenvalue weighted by atomic mass is 16.3. The molecular formula is C21H30O4. The van der Waals surface area contributed by atoms with Crippen molar-refractivity contribution in [1.29, 1.82) is 0 Å². The molecule has 0 aliphatic heterocycles. The third-order valence-electron chi connectivity index (χ3n) is 4.07. The largest absolute Gasteiger partial charge is 0.508 e. The number of hydrogen-bond donors (Lipinski definition) is 2. The average molecular weight is 346 g/mol. The van der Waals surface area contributed by atoms with E-state index >= 15 is 0 Å². The zero-order valence-electron chi connectivity index (χ0n) is 16.1. The van der Waals surface area contributed by atoms with Gasteiger partial charge in [0.25, 0.3) is 0 Å². The first-order chi connectivity index (χ1) is 11.5.